The van der Waals surface area contributed by atoms with Crippen LogP contribution in [-0.2, 0) is 45.1 Å². The molecule has 29 heavy (non-hydrogen) atoms. The zero-order valence-electron chi connectivity index (χ0n) is 20.2. The minimum absolute atomic E-state index is 0. The van der Waals surface area contributed by atoms with Gasteiger partial charge in [0.25, 0.3) is 0 Å². The first kappa shape index (κ1) is 35.5. The summed E-state index contributed by atoms with van der Waals surface area (Å²) in [6.45, 7) is 7.04. The number of hydrogen-bond donors (Lipinski definition) is 0. The monoisotopic (exact) mass is 559 g/mol. The molecule has 1 heteroatoms. The summed E-state index contributed by atoms with van der Waals surface area (Å²) in [4.78, 5) is 0. The van der Waals surface area contributed by atoms with Crippen LogP contribution in [0, 0.1) is 42.5 Å². The number of unbranched alkanes of at least 4 members (excludes halogenated alkanes) is 1. The summed E-state index contributed by atoms with van der Waals surface area (Å²) in [5.74, 6) is 0. The van der Waals surface area contributed by atoms with Crippen molar-refractivity contribution in [3.63, 3.8) is 0 Å². The average molecular weight is 558 g/mol. The second-order valence-corrected chi connectivity index (χ2v) is 7.65. The van der Waals surface area contributed by atoms with Crippen LogP contribution in [0.25, 0.3) is 10.8 Å². The topological polar surface area (TPSA) is 0 Å². The number of fused-ring (bicyclic) bond motifs is 2. The Hall–Kier alpha value is -0.950. The van der Waals surface area contributed by atoms with Gasteiger partial charge in [-0.1, -0.05) is 51.2 Å². The molecule has 1 aliphatic rings. The van der Waals surface area contributed by atoms with E-state index in [9.17, 15) is 0 Å². The molecule has 0 amide bonds. The Bertz CT molecular complexity index is 727. The average Bonchev–Trinajstić information content (AvgIpc) is 3.22. The first-order valence-electron chi connectivity index (χ1n) is 8.96. The van der Waals surface area contributed by atoms with Gasteiger partial charge in [0, 0.05) is 25.8 Å². The van der Waals surface area contributed by atoms with E-state index >= 15 is 0 Å². The zero-order valence-corrected chi connectivity index (χ0v) is 23.8. The molecular weight excluding hydrogens is 515 g/mol. The molecule has 1 aliphatic carbocycles. The largest absolute Gasteiger partial charge is 0.358 e. The van der Waals surface area contributed by atoms with E-state index in [-0.39, 0.29) is 63.0 Å². The van der Waals surface area contributed by atoms with Gasteiger partial charge in [-0.05, 0) is 18.3 Å². The van der Waals surface area contributed by atoms with E-state index in [2.05, 4.69) is 45.0 Å². The molecule has 4 rings (SSSR count). The van der Waals surface area contributed by atoms with Crippen LogP contribution in [0.3, 0.4) is 0 Å². The summed E-state index contributed by atoms with van der Waals surface area (Å²) < 4.78 is 0. The molecule has 0 bridgehead atoms. The molecule has 0 saturated heterocycles. The summed E-state index contributed by atoms with van der Waals surface area (Å²) in [6.07, 6.45) is 6.32. The fourth-order valence-corrected chi connectivity index (χ4v) is 3.73. The summed E-state index contributed by atoms with van der Waals surface area (Å²) in [6, 6.07) is 19.6. The van der Waals surface area contributed by atoms with Crippen molar-refractivity contribution in [2.24, 2.45) is 5.41 Å². The van der Waals surface area contributed by atoms with E-state index in [1.807, 2.05) is 30.3 Å². The van der Waals surface area contributed by atoms with Gasteiger partial charge in [0.2, 0.25) is 0 Å². The Kier molecular flexibility index (Phi) is 19.4. The molecule has 0 heterocycles. The summed E-state index contributed by atoms with van der Waals surface area (Å²) in [5.41, 5.74) is 5.20. The van der Waals surface area contributed by atoms with Crippen molar-refractivity contribution in [2.45, 2.75) is 52.9 Å². The molecule has 0 nitrogen and oxygen atoms in total. The van der Waals surface area contributed by atoms with Gasteiger partial charge in [0.15, 0.2) is 0 Å². The predicted octanol–water partition coefficient (Wildman–Crippen LogP) is 8.68. The van der Waals surface area contributed by atoms with Crippen molar-refractivity contribution in [3.05, 3.63) is 108 Å². The Morgan fingerprint density at radius 3 is 1.97 bits per heavy atom. The number of hydrogen-bond acceptors (Lipinski definition) is 0. The molecule has 0 atom stereocenters. The molecule has 0 unspecified atom stereocenters. The van der Waals surface area contributed by atoms with Crippen LogP contribution in [0.4, 0.5) is 0 Å². The van der Waals surface area contributed by atoms with Gasteiger partial charge >= 0.3 is 0 Å². The molecule has 0 aromatic heterocycles. The van der Waals surface area contributed by atoms with Crippen molar-refractivity contribution >= 4 is 10.8 Å². The fraction of sp³-hybridized carbons (Fsp3) is 0.321. The first-order valence-corrected chi connectivity index (χ1v) is 8.96. The van der Waals surface area contributed by atoms with Crippen LogP contribution in [0.2, 0.25) is 0 Å². The Balaban J connectivity index is -0.000000253. The summed E-state index contributed by atoms with van der Waals surface area (Å²) >= 11 is 0. The maximum atomic E-state index is 2.48. The molecule has 3 aromatic rings. The van der Waals surface area contributed by atoms with Crippen molar-refractivity contribution in [2.75, 3.05) is 0 Å². The van der Waals surface area contributed by atoms with E-state index in [0.29, 0.717) is 5.41 Å². The molecule has 3 aromatic carbocycles. The molecular formula is C28H43Hf-7. The Morgan fingerprint density at radius 1 is 0.931 bits per heavy atom. The fourth-order valence-electron chi connectivity index (χ4n) is 3.73. The van der Waals surface area contributed by atoms with Crippen molar-refractivity contribution in [1.82, 2.24) is 0 Å². The predicted molar refractivity (Wildman–Crippen MR) is 133 cm³/mol. The zero-order chi connectivity index (χ0) is 16.3. The number of benzene rings is 1. The van der Waals surface area contributed by atoms with Crippen LogP contribution < -0.4 is 0 Å². The van der Waals surface area contributed by atoms with Gasteiger partial charge in [0.05, 0.1) is 0 Å². The quantitative estimate of drug-likeness (QED) is 0.223. The third kappa shape index (κ3) is 9.16. The summed E-state index contributed by atoms with van der Waals surface area (Å²) in [5, 5.41) is 2.97. The van der Waals surface area contributed by atoms with Gasteiger partial charge in [-0.25, -0.2) is 12.1 Å². The minimum atomic E-state index is 0. The maximum Gasteiger partial charge on any atom is 0 e. The maximum absolute atomic E-state index is 2.48. The smallest absolute Gasteiger partial charge is 0 e. The number of aryl methyl sites for hydroxylation is 1. The molecule has 0 spiro atoms. The van der Waals surface area contributed by atoms with Crippen molar-refractivity contribution in [3.8, 4) is 0 Å². The van der Waals surface area contributed by atoms with Crippen LogP contribution in [0.5, 0.6) is 0 Å². The molecule has 0 aliphatic heterocycles. The van der Waals surface area contributed by atoms with Gasteiger partial charge in [-0.15, -0.1) is 34.5 Å². The third-order valence-corrected chi connectivity index (χ3v) is 4.88. The van der Waals surface area contributed by atoms with Crippen molar-refractivity contribution in [1.29, 1.82) is 0 Å². The first-order chi connectivity index (χ1) is 11.1. The second kappa shape index (κ2) is 15.8. The number of rotatable bonds is 3. The van der Waals surface area contributed by atoms with Crippen LogP contribution in [-0.4, -0.2) is 0 Å². The van der Waals surface area contributed by atoms with E-state index in [0.717, 1.165) is 0 Å². The molecule has 0 fully saturated rings. The Labute approximate surface area is 202 Å². The Morgan fingerprint density at radius 2 is 1.48 bits per heavy atom. The van der Waals surface area contributed by atoms with Crippen LogP contribution in [0.15, 0.2) is 54.6 Å². The standard InChI is InChI=1S/C18H23.C5H5.5CH3.Hf/c1-4-5-6-13-7-8-14-9-15-11-18(2,3)12-16(15)10-17(13)14;1-2-4-5-3-1;;;;;;/h7-10H,4-6,11-12H2,1-3H3;1-5H;5*1H3;/q7*-1;. The van der Waals surface area contributed by atoms with E-state index in [1.54, 1.807) is 16.7 Å². The van der Waals surface area contributed by atoms with E-state index in [4.69, 9.17) is 0 Å². The van der Waals surface area contributed by atoms with Crippen LogP contribution >= 0.6 is 0 Å². The van der Waals surface area contributed by atoms with Gasteiger partial charge in [0.1, 0.15) is 0 Å². The molecule has 0 N–H and O–H groups in total. The molecule has 166 valence electrons. The van der Waals surface area contributed by atoms with Crippen molar-refractivity contribution < 1.29 is 25.8 Å². The third-order valence-electron chi connectivity index (χ3n) is 4.88. The van der Waals surface area contributed by atoms with Gasteiger partial charge in [-0.3, -0.25) is 0 Å². The van der Waals surface area contributed by atoms with Crippen LogP contribution in [0.1, 0.15) is 50.3 Å². The SMILES string of the molecule is CCCC[c-]1ccc2cc3c(cc21)CC(C)(C)C3.[CH3-].[CH3-].[CH3-].[CH3-].[CH3-].[Hf].c1cc[cH-]c1. The minimum Gasteiger partial charge on any atom is -0.358 e. The van der Waals surface area contributed by atoms with Gasteiger partial charge < -0.3 is 37.1 Å². The summed E-state index contributed by atoms with van der Waals surface area (Å²) in [7, 11) is 0. The van der Waals surface area contributed by atoms with E-state index in [1.165, 1.54) is 42.9 Å². The normalized spacial score (nSPS) is 12.1. The van der Waals surface area contributed by atoms with E-state index < -0.39 is 0 Å². The second-order valence-electron chi connectivity index (χ2n) is 7.65. The van der Waals surface area contributed by atoms with Gasteiger partial charge in [-0.2, -0.15) is 24.3 Å². The molecule has 0 radical (unpaired) electrons. The molecule has 0 saturated carbocycles.